The van der Waals surface area contributed by atoms with Crippen molar-refractivity contribution < 1.29 is 426 Å². The molecule has 0 amide bonds. The average Bonchev–Trinajstić information content (AvgIpc) is 0.747. The number of rotatable bonds is 0. The quantitative estimate of drug-likeness (QED) is 0.203. The maximum Gasteiger partial charge on any atom is 2.00 e. The third kappa shape index (κ3) is 41.2. The fourth-order valence-corrected chi connectivity index (χ4v) is 90.1. The van der Waals surface area contributed by atoms with Crippen LogP contribution in [0, 0.1) is 0 Å². The third-order valence-corrected chi connectivity index (χ3v) is 81.0. The van der Waals surface area contributed by atoms with Gasteiger partial charge >= 0.3 is 683 Å². The Morgan fingerprint density at radius 1 is 0.0862 bits per heavy atom. The van der Waals surface area contributed by atoms with E-state index in [2.05, 4.69) is 148 Å². The van der Waals surface area contributed by atoms with E-state index in [1.807, 2.05) is 0 Å². The summed E-state index contributed by atoms with van der Waals surface area (Å²) in [6.07, 6.45) is 0. The van der Waals surface area contributed by atoms with E-state index in [-0.39, 0.29) is 531 Å². The summed E-state index contributed by atoms with van der Waals surface area (Å²) in [5, 5.41) is 0. The van der Waals surface area contributed by atoms with Crippen molar-refractivity contribution in [3.63, 3.8) is 0 Å². The van der Waals surface area contributed by atoms with Gasteiger partial charge in [-0.15, -0.1) is 0 Å². The molecule has 0 spiro atoms. The van der Waals surface area contributed by atoms with Gasteiger partial charge in [-0.25, -0.2) is 0 Å². The van der Waals surface area contributed by atoms with Gasteiger partial charge in [0.1, 0.15) is 0 Å². The van der Waals surface area contributed by atoms with Crippen LogP contribution < -0.4 is 212 Å². The number of hydrogen-bond acceptors (Lipinski definition) is 72. The van der Waals surface area contributed by atoms with Crippen LogP contribution in [0.2, 0.25) is 0 Å². The van der Waals surface area contributed by atoms with Crippen molar-refractivity contribution in [3.8, 4) is 0 Å². The van der Waals surface area contributed by atoms with Crippen LogP contribution in [0.3, 0.4) is 0 Å². The second-order valence-corrected chi connectivity index (χ2v) is 69.1. The second-order valence-electron chi connectivity index (χ2n) is 15.7. The van der Waals surface area contributed by atoms with Crippen LogP contribution in [0.15, 0.2) is 0 Å². The van der Waals surface area contributed by atoms with Gasteiger partial charge in [-0.3, -0.25) is 0 Å². The maximum atomic E-state index is 11.3. The SMILES string of the molecule is [Li+].[Li+].[Mg+2].[Mg+2].[Mg+2].[Mg+2].[Mg+2].[Mg+2].[Mg+2].[Mg+2].[Mg+2].[Mg+2].[Mg+2].[Mg+2].[Mg+2].[Mg+2].[Mg+2].[Mg+2].[Na+].[Na+].[O-][Si]12O[Si]3([O-])O[Si]([O-])(O1)O[Si]([O-])(O2)O3.[O-][Si]12O[Si]3([O-])O[Si]([O-])(O1)O[Si]([O-])(O2)O3.[O-][Si]12O[Si]3([O-])O[Si]([O-])(O1)O[Si]([O-])(O2)O3.[O-][Si]12O[Si]3([O-])O[Si]([O-])(O1)O[Si]([O-])(O2)O3.[O-][Si]12O[Si]3([O-])O[Si]([O-])(O1)O[Si]([O-])(O2)O3.[O-][Si]12O[Si]3([O-])O[Si]([O-])(O1)O[Si]([O-])(O2)O3.[OH-].[OH-].[OH-].[OH-].[OH-].[OH-].[OH-].[OH-].[OH-].[OH-].[OH-].[OH-]. The molecule has 0 aromatic rings. The molecule has 24 heterocycles. The van der Waals surface area contributed by atoms with Crippen molar-refractivity contribution in [2.75, 3.05) is 0 Å². The Hall–Kier alpha value is 17.8. The van der Waals surface area contributed by atoms with Crippen LogP contribution in [0.1, 0.15) is 0 Å². The van der Waals surface area contributed by atoms with Gasteiger partial charge in [-0.2, -0.15) is 0 Å². The van der Waals surface area contributed by atoms with Gasteiger partial charge in [0.05, 0.1) is 0 Å². The van der Waals surface area contributed by atoms with Crippen LogP contribution in [0.4, 0.5) is 0 Å². The van der Waals surface area contributed by atoms with E-state index in [4.69, 9.17) is 0 Å². The normalized spacial score (nSPS) is 47.8. The molecular weight excluding hydrogens is 2270 g/mol. The molecule has 24 fully saturated rings. The molecule has 0 aromatic carbocycles. The Morgan fingerprint density at radius 2 is 0.103 bits per heavy atom. The zero-order valence-corrected chi connectivity index (χ0v) is 108. The van der Waals surface area contributed by atoms with Gasteiger partial charge in [0.2, 0.25) is 0 Å². The zero-order chi connectivity index (χ0) is 61.5. The maximum absolute atomic E-state index is 11.3. The van der Waals surface area contributed by atoms with Crippen LogP contribution in [0.5, 0.6) is 0 Å². The van der Waals surface area contributed by atoms with Crippen LogP contribution in [-0.2, 0) is 148 Å². The van der Waals surface area contributed by atoms with E-state index in [0.29, 0.717) is 0 Å². The first-order valence-corrected chi connectivity index (χ1v) is 58.8. The molecule has 12 N–H and O–H groups in total. The van der Waals surface area contributed by atoms with E-state index >= 15 is 0 Å². The Labute approximate surface area is 993 Å². The first-order valence-electron chi connectivity index (χ1n) is 19.6. The van der Waals surface area contributed by atoms with E-state index in [9.17, 15) is 115 Å². The van der Waals surface area contributed by atoms with Gasteiger partial charge < -0.3 is 329 Å². The van der Waals surface area contributed by atoms with Crippen molar-refractivity contribution >= 4 is 586 Å². The first kappa shape index (κ1) is 182. The van der Waals surface area contributed by atoms with Crippen LogP contribution in [-0.4, -0.2) is 652 Å². The molecule has 0 saturated carbocycles. The largest absolute Gasteiger partial charge is 2.00 e. The summed E-state index contributed by atoms with van der Waals surface area (Å²) in [7, 11) is -113. The summed E-state index contributed by atoms with van der Waals surface area (Å²) in [6, 6.07) is 0. The van der Waals surface area contributed by atoms with Crippen molar-refractivity contribution in [2.45, 2.75) is 0 Å². The minimum atomic E-state index is -4.69. The van der Waals surface area contributed by atoms with Crippen molar-refractivity contribution in [2.24, 2.45) is 0 Å². The molecule has 72 nitrogen and oxygen atoms in total. The van der Waals surface area contributed by atoms with Gasteiger partial charge in [-0.05, 0) is 0 Å². The minimum absolute atomic E-state index is 0. The predicted octanol–water partition coefficient (Wildman–Crippen LogP) is -60.3. The minimum Gasteiger partial charge on any atom is -0.870 e. The van der Waals surface area contributed by atoms with Crippen LogP contribution >= 0.6 is 0 Å². The molecule has 116 heteroatoms. The van der Waals surface area contributed by atoms with Crippen molar-refractivity contribution in [1.29, 1.82) is 0 Å². The summed E-state index contributed by atoms with van der Waals surface area (Å²) in [4.78, 5) is 272. The molecule has 24 aliphatic rings. The summed E-state index contributed by atoms with van der Waals surface area (Å²) in [6.45, 7) is 0. The molecule has 0 aliphatic carbocycles. The second kappa shape index (κ2) is 58.9. The predicted molar refractivity (Wildman–Crippen MR) is 292 cm³/mol. The monoisotopic (exact) mass is 2280 g/mol. The Morgan fingerprint density at radius 3 is 0.121 bits per heavy atom. The molecule has 24 bridgehead atoms. The average molecular weight is 2290 g/mol. The van der Waals surface area contributed by atoms with Gasteiger partial charge in [0.15, 0.2) is 0 Å². The number of hydrogen-bond donors (Lipinski definition) is 0. The van der Waals surface area contributed by atoms with Gasteiger partial charge in [0, 0.05) is 0 Å². The van der Waals surface area contributed by atoms with Crippen molar-refractivity contribution in [3.05, 3.63) is 0 Å². The molecule has 0 radical (unpaired) electrons. The molecule has 0 aromatic heterocycles. The Bertz CT molecular complexity index is 1800. The van der Waals surface area contributed by atoms with Gasteiger partial charge in [0.25, 0.3) is 0 Å². The molecule has 576 valence electrons. The fourth-order valence-electron chi connectivity index (χ4n) is 7.01. The molecule has 24 rings (SSSR count). The van der Waals surface area contributed by atoms with Crippen LogP contribution in [0.25, 0.3) is 0 Å². The standard InChI is InChI=1S/2Li.16Mg.2Na.6O10Si4.12H2O/c;;;;;;;;;;;;;;;;;;;;6*1-11-5-12(2)8-13(3,6-11)10-14(4,7-11)9-12;;;;;;;;;;;;/h;;;;;;;;;;;;;;;;;;;;;;;;;;12*1H2/q2*+1;16*+2;2*+1;6*-4;;;;;;;;;;;;/p-12. The first-order chi connectivity index (χ1) is 37.5. The molecule has 24 saturated heterocycles. The molecule has 0 unspecified atom stereocenters. The summed E-state index contributed by atoms with van der Waals surface area (Å²) >= 11 is 0. The van der Waals surface area contributed by atoms with Crippen molar-refractivity contribution in [1.82, 2.24) is 0 Å². The third-order valence-electron chi connectivity index (χ3n) is 9.00. The molecular formula is H12Li2Mg16Na2O72Si24. The van der Waals surface area contributed by atoms with E-state index in [0.717, 1.165) is 0 Å². The summed E-state index contributed by atoms with van der Waals surface area (Å²) < 4.78 is 151. The van der Waals surface area contributed by atoms with Gasteiger partial charge in [-0.1, -0.05) is 0 Å². The molecule has 116 heavy (non-hydrogen) atoms. The van der Waals surface area contributed by atoms with E-state index < -0.39 is 217 Å². The van der Waals surface area contributed by atoms with E-state index in [1.54, 1.807) is 0 Å². The smallest absolute Gasteiger partial charge is 0.870 e. The summed E-state index contributed by atoms with van der Waals surface area (Å²) in [5.74, 6) is 0. The Balaban J connectivity index is -0.0000000502. The topological polar surface area (TPSA) is 1250 Å². The molecule has 24 aliphatic heterocycles. The van der Waals surface area contributed by atoms with E-state index in [1.165, 1.54) is 0 Å². The fraction of sp³-hybridized carbons (Fsp3) is 0. The molecule has 0 atom stereocenters. The Kier molecular flexibility index (Phi) is 92.6. The summed E-state index contributed by atoms with van der Waals surface area (Å²) in [5.41, 5.74) is 0. The zero-order valence-electron chi connectivity index (χ0n) is 57.2.